The van der Waals surface area contributed by atoms with E-state index in [1.165, 1.54) is 24.3 Å². The predicted octanol–water partition coefficient (Wildman–Crippen LogP) is 12.5. The van der Waals surface area contributed by atoms with Crippen LogP contribution in [-0.4, -0.2) is 120 Å². The number of hydrogen-bond acceptors (Lipinski definition) is 15. The van der Waals surface area contributed by atoms with Crippen molar-refractivity contribution < 1.29 is 61.6 Å². The van der Waals surface area contributed by atoms with Crippen molar-refractivity contribution in [2.24, 2.45) is 0 Å². The van der Waals surface area contributed by atoms with E-state index < -0.39 is 41.4 Å². The summed E-state index contributed by atoms with van der Waals surface area (Å²) in [6.45, 7) is 5.15. The normalized spacial score (nSPS) is 13.4. The van der Waals surface area contributed by atoms with Gasteiger partial charge in [-0.15, -0.1) is 0 Å². The lowest BCUT2D eigenvalue weighted by atomic mass is 10.1. The molecule has 0 unspecified atom stereocenters. The molecule has 3 aliphatic heterocycles. The third-order valence-electron chi connectivity index (χ3n) is 16.3. The van der Waals surface area contributed by atoms with Gasteiger partial charge in [0.25, 0.3) is 17.7 Å². The molecule has 12 rings (SSSR count). The topological polar surface area (TPSA) is 286 Å². The first-order valence-electron chi connectivity index (χ1n) is 32.0. The molecule has 510 valence electrons. The standard InChI is InChI=1S/C25H23F3N4O3.C24H23ClN4O3.C24H23FN4O3/c26-25(27,28)19-7-5-17(6-8-19)24(35)30-20-9-3-16(4-10-20)13-21-29-15-18(14-22(33)34)23(31-21)32-11-1-2-12-32;2*25-19-7-5-17(6-8-19)24(32)27-20-9-3-16(4-10-20)13-21-26-15-18(14-22(30)31)23(28-21)29-11-1-2-12-29/h3-10,15H,1-2,11-14H2,(H,30,35)(H,33,34);2*3-10,15H,1-2,11-14H2,(H,27,32)(H,30,31). The molecule has 6 aromatic carbocycles. The smallest absolute Gasteiger partial charge is 0.416 e. The van der Waals surface area contributed by atoms with Crippen molar-refractivity contribution in [3.63, 3.8) is 0 Å². The monoisotopic (exact) mass is 1370 g/mol. The van der Waals surface area contributed by atoms with Crippen molar-refractivity contribution in [3.8, 4) is 0 Å². The Bertz CT molecular complexity index is 4130. The van der Waals surface area contributed by atoms with Gasteiger partial charge in [0.1, 0.15) is 40.7 Å². The van der Waals surface area contributed by atoms with Gasteiger partial charge in [-0.05, 0) is 164 Å². The third kappa shape index (κ3) is 20.4. The third-order valence-corrected chi connectivity index (χ3v) is 16.6. The molecule has 3 saturated heterocycles. The van der Waals surface area contributed by atoms with Gasteiger partial charge >= 0.3 is 24.1 Å². The summed E-state index contributed by atoms with van der Waals surface area (Å²) in [5.41, 5.74) is 6.71. The van der Waals surface area contributed by atoms with Crippen LogP contribution in [0.4, 0.5) is 52.1 Å². The van der Waals surface area contributed by atoms with Crippen molar-refractivity contribution >= 4 is 81.7 Å². The molecule has 26 heteroatoms. The Labute approximate surface area is 572 Å². The number of aliphatic carboxylic acids is 3. The Morgan fingerprint density at radius 2 is 0.677 bits per heavy atom. The van der Waals surface area contributed by atoms with Gasteiger partial charge in [-0.3, -0.25) is 28.8 Å². The first kappa shape index (κ1) is 70.6. The Hall–Kier alpha value is -11.2. The van der Waals surface area contributed by atoms with E-state index in [1.807, 2.05) is 36.4 Å². The maximum Gasteiger partial charge on any atom is 0.416 e. The average Bonchev–Trinajstić information content (AvgIpc) is 1.83. The van der Waals surface area contributed by atoms with Gasteiger partial charge in [0.05, 0.1) is 24.8 Å². The number of benzene rings is 6. The second kappa shape index (κ2) is 33.2. The van der Waals surface area contributed by atoms with Crippen LogP contribution >= 0.6 is 11.6 Å². The molecule has 9 aromatic rings. The molecular weight excluding hydrogens is 1300 g/mol. The van der Waals surface area contributed by atoms with Gasteiger partial charge in [0.15, 0.2) is 0 Å². The van der Waals surface area contributed by atoms with Crippen LogP contribution in [0.25, 0.3) is 0 Å². The number of carbonyl (C=O) groups excluding carboxylic acids is 3. The molecule has 0 radical (unpaired) electrons. The summed E-state index contributed by atoms with van der Waals surface area (Å²) in [5, 5.41) is 36.5. The molecule has 6 N–H and O–H groups in total. The van der Waals surface area contributed by atoms with Crippen molar-refractivity contribution in [1.82, 2.24) is 29.9 Å². The van der Waals surface area contributed by atoms with Crippen molar-refractivity contribution in [3.05, 3.63) is 248 Å². The summed E-state index contributed by atoms with van der Waals surface area (Å²) in [5.74, 6) is -0.252. The van der Waals surface area contributed by atoms with E-state index >= 15 is 0 Å². The summed E-state index contributed by atoms with van der Waals surface area (Å²) in [7, 11) is 0. The van der Waals surface area contributed by atoms with E-state index in [9.17, 15) is 61.6 Å². The highest BCUT2D eigenvalue weighted by atomic mass is 35.5. The van der Waals surface area contributed by atoms with Gasteiger partial charge in [-0.2, -0.15) is 13.2 Å². The van der Waals surface area contributed by atoms with E-state index in [-0.39, 0.29) is 36.6 Å². The first-order chi connectivity index (χ1) is 47.6. The highest BCUT2D eigenvalue weighted by Gasteiger charge is 2.30. The number of halogens is 5. The Morgan fingerprint density at radius 1 is 0.404 bits per heavy atom. The number of anilines is 6. The number of carbonyl (C=O) groups is 6. The maximum absolute atomic E-state index is 13.0. The van der Waals surface area contributed by atoms with Crippen LogP contribution in [0.5, 0.6) is 0 Å². The largest absolute Gasteiger partial charge is 0.481 e. The van der Waals surface area contributed by atoms with Crippen molar-refractivity contribution in [1.29, 1.82) is 0 Å². The fraction of sp³-hybridized carbons (Fsp3) is 0.260. The number of aromatic nitrogens is 6. The van der Waals surface area contributed by atoms with E-state index in [4.69, 9.17) is 16.6 Å². The minimum Gasteiger partial charge on any atom is -0.481 e. The van der Waals surface area contributed by atoms with Crippen LogP contribution in [0.1, 0.15) is 126 Å². The van der Waals surface area contributed by atoms with E-state index in [2.05, 4.69) is 55.6 Å². The van der Waals surface area contributed by atoms with Crippen LogP contribution in [0.3, 0.4) is 0 Å². The molecule has 0 saturated carbocycles. The second-order valence-electron chi connectivity index (χ2n) is 23.8. The number of rotatable bonds is 21. The lowest BCUT2D eigenvalue weighted by Crippen LogP contribution is -2.22. The quantitative estimate of drug-likeness (QED) is 0.0365. The maximum atomic E-state index is 13.0. The highest BCUT2D eigenvalue weighted by Crippen LogP contribution is 2.31. The van der Waals surface area contributed by atoms with Gasteiger partial charge in [0, 0.05) is 133 Å². The molecule has 3 aliphatic rings. The van der Waals surface area contributed by atoms with Crippen molar-refractivity contribution in [2.45, 2.75) is 83.2 Å². The molecule has 3 amide bonds. The molecule has 99 heavy (non-hydrogen) atoms. The highest BCUT2D eigenvalue weighted by molar-refractivity contribution is 6.30. The minimum atomic E-state index is -4.46. The number of amides is 3. The molecule has 6 heterocycles. The molecule has 3 aromatic heterocycles. The fourth-order valence-electron chi connectivity index (χ4n) is 11.3. The van der Waals surface area contributed by atoms with Gasteiger partial charge in [-0.25, -0.2) is 34.3 Å². The Kier molecular flexibility index (Phi) is 23.6. The molecule has 0 spiro atoms. The van der Waals surface area contributed by atoms with Gasteiger partial charge < -0.3 is 46.0 Å². The molecule has 0 bridgehead atoms. The molecule has 21 nitrogen and oxygen atoms in total. The van der Waals surface area contributed by atoms with Crippen LogP contribution in [0, 0.1) is 5.82 Å². The number of carboxylic acids is 3. The van der Waals surface area contributed by atoms with E-state index in [0.29, 0.717) is 98.3 Å². The summed E-state index contributed by atoms with van der Waals surface area (Å²) >= 11 is 5.87. The average molecular weight is 1370 g/mol. The summed E-state index contributed by atoms with van der Waals surface area (Å²) in [6, 6.07) is 37.9. The number of nitrogens with zero attached hydrogens (tertiary/aromatic N) is 9. The van der Waals surface area contributed by atoms with E-state index in [1.54, 1.807) is 79.3 Å². The molecule has 3 fully saturated rings. The number of carboxylic acid groups (broad SMARTS) is 3. The number of hydrogen-bond donors (Lipinski definition) is 6. The van der Waals surface area contributed by atoms with E-state index in [0.717, 1.165) is 125 Å². The van der Waals surface area contributed by atoms with Crippen molar-refractivity contribution in [2.75, 3.05) is 69.9 Å². The zero-order valence-electron chi connectivity index (χ0n) is 53.5. The SMILES string of the molecule is O=C(O)Cc1cnc(Cc2ccc(NC(=O)c3ccc(C(F)(F)F)cc3)cc2)nc1N1CCCC1.O=C(O)Cc1cnc(Cc2ccc(NC(=O)c3ccc(Cl)cc3)cc2)nc1N1CCCC1.O=C(O)Cc1cnc(Cc2ccc(NC(=O)c3ccc(F)cc3)cc2)nc1N1CCCC1. The summed E-state index contributed by atoms with van der Waals surface area (Å²) in [6.07, 6.45) is 7.80. The zero-order valence-corrected chi connectivity index (χ0v) is 54.3. The predicted molar refractivity (Wildman–Crippen MR) is 365 cm³/mol. The fourth-order valence-corrected chi connectivity index (χ4v) is 11.4. The molecular formula is C73H69ClF4N12O9. The van der Waals surface area contributed by atoms with Crippen LogP contribution in [0.15, 0.2) is 164 Å². The molecule has 0 aliphatic carbocycles. The second-order valence-corrected chi connectivity index (χ2v) is 24.2. The summed E-state index contributed by atoms with van der Waals surface area (Å²) < 4.78 is 51.1. The van der Waals surface area contributed by atoms with Crippen LogP contribution in [-0.2, 0) is 59.1 Å². The van der Waals surface area contributed by atoms with Gasteiger partial charge in [-0.1, -0.05) is 48.0 Å². The number of alkyl halides is 3. The Balaban J connectivity index is 0.000000161. The lowest BCUT2D eigenvalue weighted by molar-refractivity contribution is -0.138. The molecule has 0 atom stereocenters. The lowest BCUT2D eigenvalue weighted by Gasteiger charge is -2.20. The minimum absolute atomic E-state index is 0.0892. The number of nitrogens with one attached hydrogen (secondary N) is 3. The summed E-state index contributed by atoms with van der Waals surface area (Å²) in [4.78, 5) is 104. The van der Waals surface area contributed by atoms with Crippen LogP contribution in [0.2, 0.25) is 5.02 Å². The van der Waals surface area contributed by atoms with Gasteiger partial charge in [0.2, 0.25) is 0 Å². The first-order valence-corrected chi connectivity index (χ1v) is 32.4. The van der Waals surface area contributed by atoms with Crippen LogP contribution < -0.4 is 30.7 Å². The Morgan fingerprint density at radius 3 is 0.949 bits per heavy atom. The zero-order chi connectivity index (χ0) is 70.0.